The normalized spacial score (nSPS) is 16.4. The van der Waals surface area contributed by atoms with Crippen molar-refractivity contribution in [3.8, 4) is 0 Å². The molecule has 1 aliphatic rings. The third-order valence-electron chi connectivity index (χ3n) is 1.94. The van der Waals surface area contributed by atoms with E-state index in [1.807, 2.05) is 18.6 Å². The molecule has 0 spiro atoms. The van der Waals surface area contributed by atoms with E-state index in [4.69, 9.17) is 20.6 Å². The van der Waals surface area contributed by atoms with Gasteiger partial charge in [-0.1, -0.05) is 12.2 Å². The van der Waals surface area contributed by atoms with Gasteiger partial charge in [-0.15, -0.1) is 0 Å². The monoisotopic (exact) mass is 299 g/mol. The Morgan fingerprint density at radius 1 is 1.11 bits per heavy atom. The molecule has 0 aromatic heterocycles. The van der Waals surface area contributed by atoms with Crippen molar-refractivity contribution in [1.29, 1.82) is 0 Å². The zero-order chi connectivity index (χ0) is 14.6. The van der Waals surface area contributed by atoms with Crippen molar-refractivity contribution in [3.63, 3.8) is 0 Å². The van der Waals surface area contributed by atoms with Crippen LogP contribution in [0, 0.1) is 6.42 Å². The highest BCUT2D eigenvalue weighted by atomic mass is 32.3. The van der Waals surface area contributed by atoms with Crippen LogP contribution in [-0.4, -0.2) is 30.5 Å². The minimum Gasteiger partial charge on any atom is -0.397 e. The largest absolute Gasteiger partial charge is 0.397 e. The maximum Gasteiger partial charge on any atom is 0.284 e. The van der Waals surface area contributed by atoms with Crippen LogP contribution in [0.4, 0.5) is 0 Å². The second kappa shape index (κ2) is 6.18. The van der Waals surface area contributed by atoms with E-state index in [0.717, 1.165) is 6.42 Å². The van der Waals surface area contributed by atoms with Crippen molar-refractivity contribution in [2.45, 2.75) is 17.9 Å². The molecule has 8 nitrogen and oxygen atoms in total. The third-order valence-corrected chi connectivity index (χ3v) is 5.08. The second-order valence-electron chi connectivity index (χ2n) is 3.35. The van der Waals surface area contributed by atoms with Crippen LogP contribution in [0.1, 0.15) is 13.3 Å². The van der Waals surface area contributed by atoms with Gasteiger partial charge in [-0.25, -0.2) is 0 Å². The van der Waals surface area contributed by atoms with Crippen LogP contribution in [0.5, 0.6) is 0 Å². The van der Waals surface area contributed by atoms with E-state index in [-0.39, 0.29) is 0 Å². The molecule has 0 amide bonds. The number of rotatable bonds is 2. The summed E-state index contributed by atoms with van der Waals surface area (Å²) in [5.41, 5.74) is 12.2. The summed E-state index contributed by atoms with van der Waals surface area (Å²) in [7, 11) is -9.40. The van der Waals surface area contributed by atoms with Crippen LogP contribution in [0.25, 0.3) is 0 Å². The van der Waals surface area contributed by atoms with Crippen LogP contribution in [0.2, 0.25) is 0 Å². The van der Waals surface area contributed by atoms with Gasteiger partial charge in [-0.05, 0) is 19.8 Å². The van der Waals surface area contributed by atoms with Crippen LogP contribution in [0.15, 0.2) is 23.5 Å². The molecule has 0 aliphatic heterocycles. The molecular formula is C8H15N2O6S2. The molecule has 0 bridgehead atoms. The molecule has 18 heavy (non-hydrogen) atoms. The summed E-state index contributed by atoms with van der Waals surface area (Å²) in [6.45, 7) is 0.657. The molecule has 1 radical (unpaired) electrons. The number of hydrogen-bond acceptors (Lipinski definition) is 6. The van der Waals surface area contributed by atoms with E-state index < -0.39 is 24.8 Å². The van der Waals surface area contributed by atoms with Crippen molar-refractivity contribution < 1.29 is 25.9 Å². The van der Waals surface area contributed by atoms with E-state index in [1.54, 1.807) is 0 Å². The summed E-state index contributed by atoms with van der Waals surface area (Å²) in [6.07, 6.45) is 6.61. The lowest BCUT2D eigenvalue weighted by Crippen LogP contribution is -2.25. The highest BCUT2D eigenvalue weighted by Gasteiger charge is 2.29. The summed E-state index contributed by atoms with van der Waals surface area (Å²) in [4.78, 5) is 0. The average Bonchev–Trinajstić information content (AvgIpc) is 2.20. The quantitative estimate of drug-likeness (QED) is 0.491. The van der Waals surface area contributed by atoms with Crippen molar-refractivity contribution in [3.05, 3.63) is 30.0 Å². The molecule has 0 heterocycles. The van der Waals surface area contributed by atoms with Gasteiger partial charge in [-0.2, -0.15) is 16.8 Å². The SMILES string of the molecule is CC(S(=O)(=O)O)S(=O)(=O)O.NC1=C[CH]CC=C1N. The first-order valence-electron chi connectivity index (χ1n) is 4.64. The Hall–Kier alpha value is -1.10. The summed E-state index contributed by atoms with van der Waals surface area (Å²) < 4.78 is 53.9. The fourth-order valence-electron chi connectivity index (χ4n) is 0.758. The first-order chi connectivity index (χ1) is 7.96. The van der Waals surface area contributed by atoms with Crippen LogP contribution in [0.3, 0.4) is 0 Å². The van der Waals surface area contributed by atoms with E-state index in [9.17, 15) is 16.8 Å². The van der Waals surface area contributed by atoms with Gasteiger partial charge in [-0.3, -0.25) is 9.11 Å². The summed E-state index contributed by atoms with van der Waals surface area (Å²) >= 11 is 0. The van der Waals surface area contributed by atoms with E-state index in [0.29, 0.717) is 18.3 Å². The lowest BCUT2D eigenvalue weighted by molar-refractivity contribution is 0.458. The number of nitrogens with two attached hydrogens (primary N) is 2. The smallest absolute Gasteiger partial charge is 0.284 e. The standard InChI is InChI=1S/C6H9N2.C2H6O6S2/c7-5-3-1-2-4-6(5)8;1-2(9(3,4)5)10(6,7)8/h1,3-4H,2,7-8H2;2H,1H3,(H,3,4,5)(H,6,7,8). The molecule has 0 unspecified atom stereocenters. The van der Waals surface area contributed by atoms with Crippen LogP contribution >= 0.6 is 0 Å². The molecule has 105 valence electrons. The first kappa shape index (κ1) is 16.9. The van der Waals surface area contributed by atoms with E-state index >= 15 is 0 Å². The van der Waals surface area contributed by atoms with Crippen molar-refractivity contribution in [2.75, 3.05) is 0 Å². The van der Waals surface area contributed by atoms with Gasteiger partial charge >= 0.3 is 0 Å². The maximum absolute atomic E-state index is 9.99. The number of hydrogen-bond donors (Lipinski definition) is 4. The highest BCUT2D eigenvalue weighted by molar-refractivity contribution is 8.03. The average molecular weight is 299 g/mol. The summed E-state index contributed by atoms with van der Waals surface area (Å²) in [5, 5.41) is 0. The van der Waals surface area contributed by atoms with Gasteiger partial charge in [0.2, 0.25) is 4.58 Å². The molecule has 0 atom stereocenters. The topological polar surface area (TPSA) is 161 Å². The van der Waals surface area contributed by atoms with Gasteiger partial charge in [0.25, 0.3) is 20.2 Å². The number of allylic oxidation sites excluding steroid dienone is 2. The van der Waals surface area contributed by atoms with Crippen molar-refractivity contribution >= 4 is 20.2 Å². The Kier molecular flexibility index (Phi) is 5.80. The zero-order valence-electron chi connectivity index (χ0n) is 9.52. The molecule has 10 heteroatoms. The molecule has 0 aromatic rings. The molecule has 1 rings (SSSR count). The second-order valence-corrected chi connectivity index (χ2v) is 7.12. The Balaban J connectivity index is 0.000000327. The fourth-order valence-corrected chi connectivity index (χ4v) is 1.99. The fraction of sp³-hybridized carbons (Fsp3) is 0.375. The van der Waals surface area contributed by atoms with E-state index in [1.165, 1.54) is 0 Å². The van der Waals surface area contributed by atoms with Crippen molar-refractivity contribution in [2.24, 2.45) is 11.5 Å². The molecule has 1 aliphatic carbocycles. The molecule has 0 saturated carbocycles. The lowest BCUT2D eigenvalue weighted by Gasteiger charge is -2.05. The highest BCUT2D eigenvalue weighted by Crippen LogP contribution is 2.07. The maximum atomic E-state index is 9.99. The van der Waals surface area contributed by atoms with Crippen molar-refractivity contribution in [1.82, 2.24) is 0 Å². The Morgan fingerprint density at radius 3 is 1.72 bits per heavy atom. The van der Waals surface area contributed by atoms with Crippen LogP contribution in [-0.2, 0) is 20.2 Å². The zero-order valence-corrected chi connectivity index (χ0v) is 11.1. The lowest BCUT2D eigenvalue weighted by atomic mass is 10.1. The van der Waals surface area contributed by atoms with Gasteiger partial charge < -0.3 is 11.5 Å². The van der Waals surface area contributed by atoms with Gasteiger partial charge in [0.15, 0.2) is 0 Å². The summed E-state index contributed by atoms with van der Waals surface area (Å²) in [6, 6.07) is 0. The predicted molar refractivity (Wildman–Crippen MR) is 66.0 cm³/mol. The first-order valence-corrected chi connectivity index (χ1v) is 7.64. The van der Waals surface area contributed by atoms with Gasteiger partial charge in [0, 0.05) is 0 Å². The van der Waals surface area contributed by atoms with Crippen LogP contribution < -0.4 is 11.5 Å². The van der Waals surface area contributed by atoms with Gasteiger partial charge in [0.1, 0.15) is 0 Å². The summed E-state index contributed by atoms with van der Waals surface area (Å²) in [5.74, 6) is 0. The Bertz CT molecular complexity index is 496. The minimum atomic E-state index is -4.70. The Labute approximate surface area is 106 Å². The molecule has 0 fully saturated rings. The molecule has 6 N–H and O–H groups in total. The third kappa shape index (κ3) is 6.00. The van der Waals surface area contributed by atoms with Gasteiger partial charge in [0.05, 0.1) is 11.4 Å². The van der Waals surface area contributed by atoms with E-state index in [2.05, 4.69) is 0 Å². The molecular weight excluding hydrogens is 284 g/mol. The Morgan fingerprint density at radius 2 is 1.56 bits per heavy atom. The minimum absolute atomic E-state index is 0.657. The molecule has 0 saturated heterocycles. The molecule has 0 aromatic carbocycles. The predicted octanol–water partition coefficient (Wildman–Crippen LogP) is -0.612.